The van der Waals surface area contributed by atoms with E-state index >= 15 is 0 Å². The van der Waals surface area contributed by atoms with Crippen molar-refractivity contribution in [3.63, 3.8) is 0 Å². The van der Waals surface area contributed by atoms with Crippen LogP contribution in [0.4, 0.5) is 17.5 Å². The minimum Gasteiger partial charge on any atom is -0.451 e. The first kappa shape index (κ1) is 28.7. The van der Waals surface area contributed by atoms with Gasteiger partial charge in [0.05, 0.1) is 23.8 Å². The number of ether oxygens (including phenoxy) is 1. The summed E-state index contributed by atoms with van der Waals surface area (Å²) in [6.07, 6.45) is 3.21. The number of aryl methyl sites for hydroxylation is 1. The lowest BCUT2D eigenvalue weighted by atomic mass is 9.95. The highest BCUT2D eigenvalue weighted by Crippen LogP contribution is 2.38. The van der Waals surface area contributed by atoms with E-state index in [0.29, 0.717) is 46.8 Å². The van der Waals surface area contributed by atoms with Crippen LogP contribution in [0.1, 0.15) is 53.7 Å². The van der Waals surface area contributed by atoms with E-state index in [1.165, 1.54) is 0 Å². The molecule has 0 bridgehead atoms. The molecule has 0 aliphatic carbocycles. The zero-order valence-electron chi connectivity index (χ0n) is 24.3. The van der Waals surface area contributed by atoms with E-state index in [-0.39, 0.29) is 12.6 Å². The average Bonchev–Trinajstić information content (AvgIpc) is 3.58. The van der Waals surface area contributed by atoms with Gasteiger partial charge in [-0.15, -0.1) is 10.2 Å². The Bertz CT molecular complexity index is 1570. The van der Waals surface area contributed by atoms with Crippen molar-refractivity contribution < 1.29 is 19.1 Å². The summed E-state index contributed by atoms with van der Waals surface area (Å²) in [5, 5.41) is 28.8. The standard InChI is InChI=1S/C31H36N8O4/c1-31(2)24-17-21(10-11-22(24)29(41)43-31)34-30-33-18-23(27(36-30)35-25(19-40)20-7-4-3-5-8-20)28-38-37-26(42-28)9-6-14-39-15-12-32-13-16-39/h3-5,7-8,10-11,17-18,25,32,40H,6,9,12-16,19H2,1-2H3,(H2,33,34,35,36)/t25-/m1/s1. The van der Waals surface area contributed by atoms with Crippen molar-refractivity contribution in [2.75, 3.05) is 50.0 Å². The van der Waals surface area contributed by atoms with Gasteiger partial charge in [0.2, 0.25) is 11.8 Å². The van der Waals surface area contributed by atoms with Crippen molar-refractivity contribution in [3.8, 4) is 11.5 Å². The summed E-state index contributed by atoms with van der Waals surface area (Å²) < 4.78 is 11.6. The number of hydrogen-bond donors (Lipinski definition) is 4. The number of aromatic nitrogens is 4. The second-order valence-corrected chi connectivity index (χ2v) is 11.2. The van der Waals surface area contributed by atoms with Gasteiger partial charge in [0.1, 0.15) is 11.4 Å². The molecular formula is C31H36N8O4. The molecule has 2 aliphatic rings. The predicted octanol–water partition coefficient (Wildman–Crippen LogP) is 3.66. The number of piperazine rings is 1. The Morgan fingerprint density at radius 3 is 2.70 bits per heavy atom. The molecule has 1 atom stereocenters. The lowest BCUT2D eigenvalue weighted by Crippen LogP contribution is -2.43. The molecule has 2 aliphatic heterocycles. The molecule has 12 heteroatoms. The molecule has 1 fully saturated rings. The summed E-state index contributed by atoms with van der Waals surface area (Å²) in [7, 11) is 0. The zero-order chi connectivity index (χ0) is 29.8. The Morgan fingerprint density at radius 2 is 1.91 bits per heavy atom. The van der Waals surface area contributed by atoms with Crippen molar-refractivity contribution >= 4 is 23.4 Å². The molecule has 4 heterocycles. The van der Waals surface area contributed by atoms with E-state index < -0.39 is 11.6 Å². The van der Waals surface area contributed by atoms with Crippen LogP contribution in [-0.4, -0.2) is 75.5 Å². The van der Waals surface area contributed by atoms with E-state index in [1.54, 1.807) is 18.3 Å². The molecule has 0 amide bonds. The number of anilines is 3. The van der Waals surface area contributed by atoms with Gasteiger partial charge in [0.25, 0.3) is 5.89 Å². The first-order valence-corrected chi connectivity index (χ1v) is 14.6. The molecule has 0 saturated carbocycles. The smallest absolute Gasteiger partial charge is 0.339 e. The van der Waals surface area contributed by atoms with E-state index in [4.69, 9.17) is 14.1 Å². The Labute approximate surface area is 249 Å². The van der Waals surface area contributed by atoms with Gasteiger partial charge < -0.3 is 35.1 Å². The van der Waals surface area contributed by atoms with Crippen LogP contribution in [0, 0.1) is 0 Å². The number of carbonyl (C=O) groups excluding carboxylic acids is 1. The molecular weight excluding hydrogens is 548 g/mol. The maximum atomic E-state index is 12.2. The second kappa shape index (κ2) is 12.5. The maximum absolute atomic E-state index is 12.2. The third-order valence-electron chi connectivity index (χ3n) is 7.75. The number of hydrogen-bond acceptors (Lipinski definition) is 12. The highest BCUT2D eigenvalue weighted by molar-refractivity contribution is 5.95. The van der Waals surface area contributed by atoms with Crippen molar-refractivity contribution in [2.24, 2.45) is 0 Å². The van der Waals surface area contributed by atoms with Gasteiger partial charge >= 0.3 is 5.97 Å². The Kier molecular flexibility index (Phi) is 8.32. The minimum absolute atomic E-state index is 0.161. The van der Waals surface area contributed by atoms with Crippen molar-refractivity contribution in [1.82, 2.24) is 30.4 Å². The molecule has 0 radical (unpaired) electrons. The Balaban J connectivity index is 1.25. The van der Waals surface area contributed by atoms with Gasteiger partial charge in [0.15, 0.2) is 0 Å². The van der Waals surface area contributed by atoms with Crippen LogP contribution in [0.5, 0.6) is 0 Å². The van der Waals surface area contributed by atoms with Gasteiger partial charge in [0, 0.05) is 50.0 Å². The van der Waals surface area contributed by atoms with E-state index in [9.17, 15) is 9.90 Å². The van der Waals surface area contributed by atoms with Crippen LogP contribution >= 0.6 is 0 Å². The molecule has 12 nitrogen and oxygen atoms in total. The fraction of sp³-hybridized carbons (Fsp3) is 0.387. The van der Waals surface area contributed by atoms with Crippen LogP contribution in [0.3, 0.4) is 0 Å². The Morgan fingerprint density at radius 1 is 1.09 bits per heavy atom. The number of aliphatic hydroxyl groups is 1. The quantitative estimate of drug-likeness (QED) is 0.191. The summed E-state index contributed by atoms with van der Waals surface area (Å²) in [6.45, 7) is 8.65. The van der Waals surface area contributed by atoms with Gasteiger partial charge in [-0.05, 0) is 50.6 Å². The molecule has 43 heavy (non-hydrogen) atoms. The molecule has 0 unspecified atom stereocenters. The number of rotatable bonds is 11. The normalized spacial score (nSPS) is 16.9. The summed E-state index contributed by atoms with van der Waals surface area (Å²) in [5.41, 5.74) is 2.73. The third kappa shape index (κ3) is 6.51. The molecule has 2 aromatic carbocycles. The second-order valence-electron chi connectivity index (χ2n) is 11.2. The summed E-state index contributed by atoms with van der Waals surface area (Å²) in [5.74, 6) is 1.26. The number of nitrogens with one attached hydrogen (secondary N) is 3. The number of benzene rings is 2. The zero-order valence-corrected chi connectivity index (χ0v) is 24.3. The SMILES string of the molecule is CC1(C)OC(=O)c2ccc(Nc3ncc(-c4nnc(CCCN5CCNCC5)o4)c(N[C@H](CO)c4ccccc4)n3)cc21. The van der Waals surface area contributed by atoms with Gasteiger partial charge in [-0.1, -0.05) is 30.3 Å². The fourth-order valence-electron chi connectivity index (χ4n) is 5.41. The molecule has 4 N–H and O–H groups in total. The van der Waals surface area contributed by atoms with Crippen LogP contribution < -0.4 is 16.0 Å². The lowest BCUT2D eigenvalue weighted by Gasteiger charge is -2.26. The van der Waals surface area contributed by atoms with Crippen LogP contribution in [0.2, 0.25) is 0 Å². The summed E-state index contributed by atoms with van der Waals surface area (Å²) >= 11 is 0. The van der Waals surface area contributed by atoms with E-state index in [1.807, 2.05) is 50.2 Å². The molecule has 6 rings (SSSR count). The van der Waals surface area contributed by atoms with Crippen LogP contribution in [0.15, 0.2) is 59.1 Å². The summed E-state index contributed by atoms with van der Waals surface area (Å²) in [6, 6.07) is 14.6. The topological polar surface area (TPSA) is 151 Å². The van der Waals surface area contributed by atoms with Gasteiger partial charge in [-0.3, -0.25) is 0 Å². The maximum Gasteiger partial charge on any atom is 0.339 e. The average molecular weight is 585 g/mol. The fourth-order valence-corrected chi connectivity index (χ4v) is 5.41. The van der Waals surface area contributed by atoms with E-state index in [2.05, 4.69) is 36.0 Å². The van der Waals surface area contributed by atoms with Crippen molar-refractivity contribution in [2.45, 2.75) is 38.3 Å². The lowest BCUT2D eigenvalue weighted by molar-refractivity contribution is 0.00954. The number of carbonyl (C=O) groups is 1. The van der Waals surface area contributed by atoms with Crippen molar-refractivity contribution in [1.29, 1.82) is 0 Å². The minimum atomic E-state index is -0.730. The first-order chi connectivity index (χ1) is 20.9. The number of esters is 1. The molecule has 2 aromatic heterocycles. The Hall–Kier alpha value is -4.39. The molecule has 224 valence electrons. The van der Waals surface area contributed by atoms with Crippen molar-refractivity contribution in [3.05, 3.63) is 77.3 Å². The monoisotopic (exact) mass is 584 g/mol. The predicted molar refractivity (Wildman–Crippen MR) is 161 cm³/mol. The van der Waals surface area contributed by atoms with Gasteiger partial charge in [-0.2, -0.15) is 4.98 Å². The molecule has 4 aromatic rings. The first-order valence-electron chi connectivity index (χ1n) is 14.6. The van der Waals surface area contributed by atoms with Crippen LogP contribution in [0.25, 0.3) is 11.5 Å². The number of fused-ring (bicyclic) bond motifs is 1. The highest BCUT2D eigenvalue weighted by Gasteiger charge is 2.37. The largest absolute Gasteiger partial charge is 0.451 e. The number of cyclic esters (lactones) is 1. The number of nitrogens with zero attached hydrogens (tertiary/aromatic N) is 5. The van der Waals surface area contributed by atoms with Gasteiger partial charge in [-0.25, -0.2) is 9.78 Å². The molecule has 0 spiro atoms. The molecule has 1 saturated heterocycles. The van der Waals surface area contributed by atoms with E-state index in [0.717, 1.165) is 50.3 Å². The highest BCUT2D eigenvalue weighted by atomic mass is 16.6. The van der Waals surface area contributed by atoms with Crippen LogP contribution in [-0.2, 0) is 16.8 Å². The summed E-state index contributed by atoms with van der Waals surface area (Å²) in [4.78, 5) is 23.9. The number of aliphatic hydroxyl groups excluding tert-OH is 1. The third-order valence-corrected chi connectivity index (χ3v) is 7.75.